The first-order valence-electron chi connectivity index (χ1n) is 8.63. The lowest BCUT2D eigenvalue weighted by Crippen LogP contribution is -2.59. The van der Waals surface area contributed by atoms with Gasteiger partial charge in [-0.25, -0.2) is 0 Å². The molecule has 114 valence electrons. The summed E-state index contributed by atoms with van der Waals surface area (Å²) in [6.45, 7) is 3.12. The van der Waals surface area contributed by atoms with Gasteiger partial charge in [-0.05, 0) is 68.8 Å². The van der Waals surface area contributed by atoms with E-state index >= 15 is 0 Å². The third-order valence-electron chi connectivity index (χ3n) is 6.62. The lowest BCUT2D eigenvalue weighted by atomic mass is 9.52. The maximum Gasteiger partial charge on any atom is 0.0762 e. The Morgan fingerprint density at radius 3 is 2.95 bits per heavy atom. The Hall–Kier alpha value is -0.860. The number of benzene rings is 1. The highest BCUT2D eigenvalue weighted by Gasteiger charge is 2.52. The van der Waals surface area contributed by atoms with Crippen LogP contribution in [0, 0.1) is 5.92 Å². The number of rotatable bonds is 1. The molecule has 0 aromatic heterocycles. The van der Waals surface area contributed by atoms with Crippen molar-refractivity contribution in [3.05, 3.63) is 34.9 Å². The van der Waals surface area contributed by atoms with Crippen LogP contribution in [0.2, 0.25) is 0 Å². The molecule has 1 N–H and O–H groups in total. The van der Waals surface area contributed by atoms with E-state index in [9.17, 15) is 5.11 Å². The van der Waals surface area contributed by atoms with Gasteiger partial charge in [0.15, 0.2) is 0 Å². The highest BCUT2D eigenvalue weighted by atomic mass is 16.3. The lowest BCUT2D eigenvalue weighted by Gasteiger charge is -2.58. The van der Waals surface area contributed by atoms with E-state index in [1.807, 2.05) is 6.92 Å². The second-order valence-corrected chi connectivity index (χ2v) is 7.60. The van der Waals surface area contributed by atoms with Crippen molar-refractivity contribution in [2.24, 2.45) is 5.92 Å². The third kappa shape index (κ3) is 1.92. The molecule has 0 unspecified atom stereocenters. The number of nitrogens with zero attached hydrogens (tertiary/aromatic N) is 1. The monoisotopic (exact) mass is 285 g/mol. The number of likely N-dealkylation sites (tertiary alicyclic amines) is 1. The fourth-order valence-electron chi connectivity index (χ4n) is 5.47. The summed E-state index contributed by atoms with van der Waals surface area (Å²) in [6.07, 6.45) is 7.70. The standard InChI is InChI=1S/C19H27NO/c1-13(21)14-6-7-15-12-18-16-5-3-4-8-19(16,17(15)11-14)9-10-20(18)2/h6-7,11,13,16,18,21H,3-5,8-10,12H2,1-2H3/t13-,16+,18-,19-/m1/s1. The quantitative estimate of drug-likeness (QED) is 0.854. The van der Waals surface area contributed by atoms with Gasteiger partial charge in [0, 0.05) is 11.5 Å². The number of aliphatic hydroxyl groups excluding tert-OH is 1. The number of likely N-dealkylation sites (N-methyl/N-ethyl adjacent to an activating group) is 1. The van der Waals surface area contributed by atoms with Crippen LogP contribution in [0.5, 0.6) is 0 Å². The van der Waals surface area contributed by atoms with Crippen LogP contribution in [-0.4, -0.2) is 29.6 Å². The fraction of sp³-hybridized carbons (Fsp3) is 0.684. The highest BCUT2D eigenvalue weighted by molar-refractivity contribution is 5.44. The van der Waals surface area contributed by atoms with Crippen molar-refractivity contribution in [1.29, 1.82) is 0 Å². The van der Waals surface area contributed by atoms with Crippen molar-refractivity contribution in [3.8, 4) is 0 Å². The van der Waals surface area contributed by atoms with Crippen LogP contribution in [0.4, 0.5) is 0 Å². The first-order valence-corrected chi connectivity index (χ1v) is 8.63. The van der Waals surface area contributed by atoms with E-state index in [4.69, 9.17) is 0 Å². The fourth-order valence-corrected chi connectivity index (χ4v) is 5.47. The predicted octanol–water partition coefficient (Wildman–Crippen LogP) is 3.43. The maximum absolute atomic E-state index is 9.98. The van der Waals surface area contributed by atoms with Crippen molar-refractivity contribution in [2.45, 2.75) is 63.0 Å². The number of hydrogen-bond donors (Lipinski definition) is 1. The van der Waals surface area contributed by atoms with E-state index in [0.29, 0.717) is 5.41 Å². The van der Waals surface area contributed by atoms with Crippen molar-refractivity contribution < 1.29 is 5.11 Å². The van der Waals surface area contributed by atoms with E-state index in [1.165, 1.54) is 45.1 Å². The molecule has 0 radical (unpaired) electrons. The predicted molar refractivity (Wildman–Crippen MR) is 85.5 cm³/mol. The molecule has 1 aromatic rings. The minimum Gasteiger partial charge on any atom is -0.389 e. The first-order chi connectivity index (χ1) is 10.1. The van der Waals surface area contributed by atoms with E-state index in [1.54, 1.807) is 11.1 Å². The molecule has 2 heteroatoms. The summed E-state index contributed by atoms with van der Waals surface area (Å²) in [5, 5.41) is 9.98. The van der Waals surface area contributed by atoms with Gasteiger partial charge in [-0.3, -0.25) is 0 Å². The molecule has 1 aromatic carbocycles. The summed E-state index contributed by atoms with van der Waals surface area (Å²) in [5.41, 5.74) is 4.65. The summed E-state index contributed by atoms with van der Waals surface area (Å²) in [5.74, 6) is 0.835. The molecule has 4 atom stereocenters. The normalized spacial score (nSPS) is 36.7. The molecular weight excluding hydrogens is 258 g/mol. The average Bonchev–Trinajstić information content (AvgIpc) is 2.50. The summed E-state index contributed by atoms with van der Waals surface area (Å²) in [6, 6.07) is 7.53. The molecular formula is C19H27NO. The smallest absolute Gasteiger partial charge is 0.0762 e. The van der Waals surface area contributed by atoms with E-state index < -0.39 is 0 Å². The molecule has 1 aliphatic heterocycles. The number of hydrogen-bond acceptors (Lipinski definition) is 2. The summed E-state index contributed by atoms with van der Waals surface area (Å²) in [7, 11) is 2.32. The highest BCUT2D eigenvalue weighted by Crippen LogP contribution is 2.55. The maximum atomic E-state index is 9.98. The van der Waals surface area contributed by atoms with Gasteiger partial charge < -0.3 is 10.0 Å². The Balaban J connectivity index is 1.87. The second kappa shape index (κ2) is 4.82. The third-order valence-corrected chi connectivity index (χ3v) is 6.62. The molecule has 21 heavy (non-hydrogen) atoms. The van der Waals surface area contributed by atoms with Gasteiger partial charge >= 0.3 is 0 Å². The van der Waals surface area contributed by atoms with Crippen molar-refractivity contribution in [1.82, 2.24) is 4.90 Å². The molecule has 2 nitrogen and oxygen atoms in total. The van der Waals surface area contributed by atoms with Crippen LogP contribution in [0.3, 0.4) is 0 Å². The zero-order valence-corrected chi connectivity index (χ0v) is 13.3. The van der Waals surface area contributed by atoms with Crippen LogP contribution >= 0.6 is 0 Å². The van der Waals surface area contributed by atoms with Crippen molar-refractivity contribution >= 4 is 0 Å². The number of piperidine rings is 1. The number of fused-ring (bicyclic) bond motifs is 1. The van der Waals surface area contributed by atoms with Crippen LogP contribution < -0.4 is 0 Å². The lowest BCUT2D eigenvalue weighted by molar-refractivity contribution is 0.00271. The van der Waals surface area contributed by atoms with Crippen LogP contribution in [0.15, 0.2) is 18.2 Å². The molecule has 1 saturated carbocycles. The molecule has 4 rings (SSSR count). The van der Waals surface area contributed by atoms with Crippen LogP contribution in [0.25, 0.3) is 0 Å². The molecule has 0 amide bonds. The number of aliphatic hydroxyl groups is 1. The largest absolute Gasteiger partial charge is 0.389 e. The zero-order valence-electron chi connectivity index (χ0n) is 13.3. The molecule has 2 aliphatic carbocycles. The average molecular weight is 285 g/mol. The van der Waals surface area contributed by atoms with Gasteiger partial charge in [-0.1, -0.05) is 31.0 Å². The Morgan fingerprint density at radius 2 is 2.14 bits per heavy atom. The topological polar surface area (TPSA) is 23.5 Å². The van der Waals surface area contributed by atoms with Gasteiger partial charge in [0.1, 0.15) is 0 Å². The van der Waals surface area contributed by atoms with E-state index in [-0.39, 0.29) is 6.10 Å². The van der Waals surface area contributed by atoms with E-state index in [0.717, 1.165) is 17.5 Å². The Kier molecular flexibility index (Phi) is 3.16. The minimum absolute atomic E-state index is 0.349. The molecule has 2 fully saturated rings. The van der Waals surface area contributed by atoms with Crippen LogP contribution in [-0.2, 0) is 11.8 Å². The van der Waals surface area contributed by atoms with Crippen molar-refractivity contribution in [2.75, 3.05) is 13.6 Å². The first kappa shape index (κ1) is 13.8. The minimum atomic E-state index is -0.349. The van der Waals surface area contributed by atoms with Gasteiger partial charge in [-0.2, -0.15) is 0 Å². The molecule has 1 saturated heterocycles. The molecule has 3 aliphatic rings. The van der Waals surface area contributed by atoms with Gasteiger partial charge in [0.2, 0.25) is 0 Å². The Bertz CT molecular complexity index is 552. The molecule has 1 heterocycles. The van der Waals surface area contributed by atoms with E-state index in [2.05, 4.69) is 30.1 Å². The van der Waals surface area contributed by atoms with Gasteiger partial charge in [0.05, 0.1) is 6.10 Å². The van der Waals surface area contributed by atoms with Crippen LogP contribution in [0.1, 0.15) is 61.8 Å². The SMILES string of the molecule is C[C@@H](O)c1ccc2c(c1)[C@@]13CCCC[C@H]1[C@@H](C2)N(C)CC3. The van der Waals surface area contributed by atoms with Gasteiger partial charge in [-0.15, -0.1) is 0 Å². The zero-order chi connectivity index (χ0) is 14.6. The van der Waals surface area contributed by atoms with Crippen molar-refractivity contribution in [3.63, 3.8) is 0 Å². The van der Waals surface area contributed by atoms with Gasteiger partial charge in [0.25, 0.3) is 0 Å². The summed E-state index contributed by atoms with van der Waals surface area (Å²) < 4.78 is 0. The summed E-state index contributed by atoms with van der Waals surface area (Å²) in [4.78, 5) is 2.61. The Labute approximate surface area is 128 Å². The summed E-state index contributed by atoms with van der Waals surface area (Å²) >= 11 is 0. The molecule has 0 spiro atoms. The second-order valence-electron chi connectivity index (χ2n) is 7.60. The molecule has 2 bridgehead atoms. The Morgan fingerprint density at radius 1 is 1.29 bits per heavy atom.